The largest absolute Gasteiger partial charge is 0.495 e. The molecule has 0 saturated heterocycles. The second-order valence-electron chi connectivity index (χ2n) is 6.21. The van der Waals surface area contributed by atoms with Crippen molar-refractivity contribution in [3.63, 3.8) is 0 Å². The van der Waals surface area contributed by atoms with Crippen LogP contribution in [0.1, 0.15) is 12.5 Å². The van der Waals surface area contributed by atoms with E-state index in [0.717, 1.165) is 5.56 Å². The molecule has 7 heteroatoms. The number of aromatic nitrogens is 2. The minimum atomic E-state index is -0.415. The van der Waals surface area contributed by atoms with E-state index >= 15 is 0 Å². The number of anilines is 1. The van der Waals surface area contributed by atoms with Crippen molar-refractivity contribution in [3.05, 3.63) is 76.6 Å². The molecule has 0 saturated carbocycles. The third kappa shape index (κ3) is 4.61. The summed E-state index contributed by atoms with van der Waals surface area (Å²) >= 11 is 1.28. The van der Waals surface area contributed by atoms with Crippen LogP contribution in [-0.4, -0.2) is 28.0 Å². The maximum absolute atomic E-state index is 12.6. The van der Waals surface area contributed by atoms with E-state index in [4.69, 9.17) is 4.74 Å². The summed E-state index contributed by atoms with van der Waals surface area (Å²) in [6.45, 7) is 3.77. The number of ether oxygens (including phenoxy) is 1. The number of carbonyl (C=O) groups excluding carboxylic acids is 1. The van der Waals surface area contributed by atoms with Gasteiger partial charge in [0.1, 0.15) is 10.8 Å². The highest BCUT2D eigenvalue weighted by Crippen LogP contribution is 2.26. The van der Waals surface area contributed by atoms with E-state index < -0.39 is 5.25 Å². The van der Waals surface area contributed by atoms with Crippen LogP contribution in [-0.2, 0) is 4.79 Å². The fraction of sp³-hybridized carbons (Fsp3) is 0.190. The van der Waals surface area contributed by atoms with Gasteiger partial charge in [0.25, 0.3) is 5.56 Å². The molecule has 0 radical (unpaired) electrons. The Bertz CT molecular complexity index is 1030. The zero-order valence-corrected chi connectivity index (χ0v) is 16.7. The van der Waals surface area contributed by atoms with E-state index in [-0.39, 0.29) is 11.5 Å². The van der Waals surface area contributed by atoms with Crippen LogP contribution in [0.4, 0.5) is 5.69 Å². The maximum atomic E-state index is 12.6. The summed E-state index contributed by atoms with van der Waals surface area (Å²) in [4.78, 5) is 24.7. The van der Waals surface area contributed by atoms with Crippen LogP contribution in [0.3, 0.4) is 0 Å². The number of benzene rings is 2. The molecule has 1 unspecified atom stereocenters. The minimum absolute atomic E-state index is 0.176. The summed E-state index contributed by atoms with van der Waals surface area (Å²) < 4.78 is 6.60. The van der Waals surface area contributed by atoms with Crippen molar-refractivity contribution in [2.24, 2.45) is 0 Å². The van der Waals surface area contributed by atoms with Gasteiger partial charge in [-0.1, -0.05) is 41.6 Å². The fourth-order valence-electron chi connectivity index (χ4n) is 2.55. The molecule has 3 rings (SSSR count). The third-order valence-electron chi connectivity index (χ3n) is 4.09. The van der Waals surface area contributed by atoms with Crippen molar-refractivity contribution in [2.45, 2.75) is 24.1 Å². The van der Waals surface area contributed by atoms with Crippen LogP contribution < -0.4 is 15.6 Å². The highest BCUT2D eigenvalue weighted by atomic mass is 32.2. The van der Waals surface area contributed by atoms with Crippen molar-refractivity contribution >= 4 is 23.4 Å². The van der Waals surface area contributed by atoms with Crippen LogP contribution in [0.25, 0.3) is 5.69 Å². The Morgan fingerprint density at radius 3 is 2.54 bits per heavy atom. The lowest BCUT2D eigenvalue weighted by molar-refractivity contribution is -0.115. The first-order chi connectivity index (χ1) is 13.5. The van der Waals surface area contributed by atoms with E-state index in [1.54, 1.807) is 32.2 Å². The average Bonchev–Trinajstić information content (AvgIpc) is 2.70. The van der Waals surface area contributed by atoms with Crippen LogP contribution in [0.15, 0.2) is 70.5 Å². The predicted octanol–water partition coefficient (Wildman–Crippen LogP) is 3.67. The molecule has 0 spiro atoms. The van der Waals surface area contributed by atoms with Crippen molar-refractivity contribution in [2.75, 3.05) is 12.4 Å². The van der Waals surface area contributed by atoms with Gasteiger partial charge in [0, 0.05) is 6.07 Å². The second-order valence-corrected chi connectivity index (χ2v) is 7.57. The quantitative estimate of drug-likeness (QED) is 0.645. The first kappa shape index (κ1) is 19.7. The first-order valence-corrected chi connectivity index (χ1v) is 9.64. The summed E-state index contributed by atoms with van der Waals surface area (Å²) in [5.74, 6) is 0.420. The Hall–Kier alpha value is -3.06. The molecule has 6 nitrogen and oxygen atoms in total. The highest BCUT2D eigenvalue weighted by molar-refractivity contribution is 8.00. The number of amides is 1. The van der Waals surface area contributed by atoms with Gasteiger partial charge < -0.3 is 10.1 Å². The van der Waals surface area contributed by atoms with E-state index in [0.29, 0.717) is 22.2 Å². The number of rotatable bonds is 6. The molecule has 1 heterocycles. The Kier molecular flexibility index (Phi) is 6.16. The summed E-state index contributed by atoms with van der Waals surface area (Å²) in [6, 6.07) is 17.9. The molecule has 0 aliphatic carbocycles. The van der Waals surface area contributed by atoms with Gasteiger partial charge in [-0.3, -0.25) is 9.59 Å². The van der Waals surface area contributed by atoms with Crippen LogP contribution >= 0.6 is 11.8 Å². The van der Waals surface area contributed by atoms with Gasteiger partial charge >= 0.3 is 0 Å². The molecule has 0 fully saturated rings. The van der Waals surface area contributed by atoms with E-state index in [9.17, 15) is 9.59 Å². The Morgan fingerprint density at radius 1 is 1.11 bits per heavy atom. The Morgan fingerprint density at radius 2 is 1.82 bits per heavy atom. The van der Waals surface area contributed by atoms with Gasteiger partial charge in [-0.25, -0.2) is 0 Å². The van der Waals surface area contributed by atoms with Crippen molar-refractivity contribution in [1.29, 1.82) is 0 Å². The van der Waals surface area contributed by atoms with E-state index in [2.05, 4.69) is 10.4 Å². The van der Waals surface area contributed by atoms with Gasteiger partial charge in [0.05, 0.1) is 23.7 Å². The van der Waals surface area contributed by atoms with Crippen LogP contribution in [0.2, 0.25) is 0 Å². The summed E-state index contributed by atoms with van der Waals surface area (Å²) in [5, 5.41) is 7.43. The molecule has 1 aromatic heterocycles. The Balaban J connectivity index is 1.76. The van der Waals surface area contributed by atoms with Gasteiger partial charge in [0.15, 0.2) is 0 Å². The molecule has 0 aliphatic rings. The standard InChI is InChI=1S/C21H21N3O3S/c1-14-8-10-16(11-9-14)24-20(25)13-12-19(23-24)28-15(2)21(26)22-17-6-4-5-7-18(17)27-3/h4-13,15H,1-3H3,(H,22,26). The molecular formula is C21H21N3O3S. The topological polar surface area (TPSA) is 73.2 Å². The highest BCUT2D eigenvalue weighted by Gasteiger charge is 2.17. The normalized spacial score (nSPS) is 11.7. The van der Waals surface area contributed by atoms with Crippen molar-refractivity contribution < 1.29 is 9.53 Å². The molecule has 0 aliphatic heterocycles. The zero-order chi connectivity index (χ0) is 20.1. The average molecular weight is 395 g/mol. The smallest absolute Gasteiger partial charge is 0.271 e. The molecule has 1 N–H and O–H groups in total. The molecular weight excluding hydrogens is 374 g/mol. The number of hydrogen-bond donors (Lipinski definition) is 1. The number of hydrogen-bond acceptors (Lipinski definition) is 5. The van der Waals surface area contributed by atoms with Crippen molar-refractivity contribution in [1.82, 2.24) is 9.78 Å². The van der Waals surface area contributed by atoms with Crippen LogP contribution in [0.5, 0.6) is 5.75 Å². The van der Waals surface area contributed by atoms with Gasteiger partial charge in [0.2, 0.25) is 5.91 Å². The van der Waals surface area contributed by atoms with Gasteiger partial charge in [-0.15, -0.1) is 0 Å². The van der Waals surface area contributed by atoms with Crippen molar-refractivity contribution in [3.8, 4) is 11.4 Å². The molecule has 28 heavy (non-hydrogen) atoms. The van der Waals surface area contributed by atoms with E-state index in [1.807, 2.05) is 43.3 Å². The first-order valence-electron chi connectivity index (χ1n) is 8.76. The minimum Gasteiger partial charge on any atom is -0.495 e. The number of methoxy groups -OCH3 is 1. The molecule has 3 aromatic rings. The summed E-state index contributed by atoms with van der Waals surface area (Å²) in [5.41, 5.74) is 2.17. The maximum Gasteiger partial charge on any atom is 0.271 e. The SMILES string of the molecule is COc1ccccc1NC(=O)C(C)Sc1ccc(=O)n(-c2ccc(C)cc2)n1. The lowest BCUT2D eigenvalue weighted by atomic mass is 10.2. The number of carbonyl (C=O) groups is 1. The summed E-state index contributed by atoms with van der Waals surface area (Å²) in [7, 11) is 1.56. The number of nitrogens with zero attached hydrogens (tertiary/aromatic N) is 2. The molecule has 1 amide bonds. The Labute approximate surface area is 167 Å². The number of thioether (sulfide) groups is 1. The summed E-state index contributed by atoms with van der Waals surface area (Å²) in [6.07, 6.45) is 0. The molecule has 144 valence electrons. The van der Waals surface area contributed by atoms with Gasteiger partial charge in [-0.05, 0) is 44.2 Å². The lowest BCUT2D eigenvalue weighted by Crippen LogP contribution is -2.24. The molecule has 0 bridgehead atoms. The molecule has 1 atom stereocenters. The monoisotopic (exact) mass is 395 g/mol. The van der Waals surface area contributed by atoms with Gasteiger partial charge in [-0.2, -0.15) is 9.78 Å². The number of nitrogens with one attached hydrogen (secondary N) is 1. The fourth-order valence-corrected chi connectivity index (χ4v) is 3.35. The third-order valence-corrected chi connectivity index (χ3v) is 5.11. The zero-order valence-electron chi connectivity index (χ0n) is 15.9. The molecule has 2 aromatic carbocycles. The van der Waals surface area contributed by atoms with Crippen LogP contribution in [0, 0.1) is 6.92 Å². The second kappa shape index (κ2) is 8.75. The van der Waals surface area contributed by atoms with E-state index in [1.165, 1.54) is 22.5 Å². The number of para-hydroxylation sites is 2. The predicted molar refractivity (Wildman–Crippen MR) is 112 cm³/mol. The lowest BCUT2D eigenvalue weighted by Gasteiger charge is -2.14. The number of aryl methyl sites for hydroxylation is 1.